The Balaban J connectivity index is 1.35. The zero-order valence-electron chi connectivity index (χ0n) is 19.6. The second-order valence-corrected chi connectivity index (χ2v) is 11.4. The fourth-order valence-electron chi connectivity index (χ4n) is 4.02. The standard InChI is InChI=1S/C27H24ClN3O4S/c1-3-18-13-21(15-24(28)27(18)35-22-5-4-6-22)31-12-10-19-14-23(7-8-25(19)31)34-16-20-9-11-29-26(30-20)17-36(2,32)33/h1,7-15,22H,4-6,16-17H2,2H3. The third-order valence-corrected chi connectivity index (χ3v) is 7.06. The van der Waals surface area contributed by atoms with Crippen LogP contribution < -0.4 is 9.47 Å². The first kappa shape index (κ1) is 24.2. The summed E-state index contributed by atoms with van der Waals surface area (Å²) in [6.45, 7) is 0.190. The smallest absolute Gasteiger partial charge is 0.154 e. The SMILES string of the molecule is C#Cc1cc(-n2ccc3cc(OCc4ccnc(CS(C)(=O)=O)n4)ccc32)cc(Cl)c1OC1CCC1. The summed E-state index contributed by atoms with van der Waals surface area (Å²) in [6.07, 6.45) is 13.8. The van der Waals surface area contributed by atoms with Crippen LogP contribution in [0.5, 0.6) is 11.5 Å². The van der Waals surface area contributed by atoms with E-state index in [4.69, 9.17) is 27.5 Å². The molecule has 0 unspecified atom stereocenters. The lowest BCUT2D eigenvalue weighted by Crippen LogP contribution is -2.25. The van der Waals surface area contributed by atoms with Crippen molar-refractivity contribution in [2.45, 2.75) is 37.7 Å². The van der Waals surface area contributed by atoms with Crippen LogP contribution in [-0.4, -0.2) is 35.3 Å². The number of terminal acetylenes is 1. The molecule has 1 aliphatic rings. The Labute approximate surface area is 215 Å². The van der Waals surface area contributed by atoms with Gasteiger partial charge in [-0.05, 0) is 61.7 Å². The minimum atomic E-state index is -3.21. The van der Waals surface area contributed by atoms with Crippen molar-refractivity contribution in [3.05, 3.63) is 77.0 Å². The highest BCUT2D eigenvalue weighted by molar-refractivity contribution is 7.89. The average Bonchev–Trinajstić information content (AvgIpc) is 3.23. The molecule has 7 nitrogen and oxygen atoms in total. The molecule has 2 aromatic heterocycles. The molecule has 2 heterocycles. The first-order valence-electron chi connectivity index (χ1n) is 11.5. The highest BCUT2D eigenvalue weighted by Crippen LogP contribution is 2.36. The van der Waals surface area contributed by atoms with Crippen LogP contribution in [0.15, 0.2) is 54.9 Å². The molecule has 0 bridgehead atoms. The number of aromatic nitrogens is 3. The lowest BCUT2D eigenvalue weighted by molar-refractivity contribution is 0.120. The molecule has 1 saturated carbocycles. The van der Waals surface area contributed by atoms with Gasteiger partial charge in [-0.3, -0.25) is 0 Å². The van der Waals surface area contributed by atoms with Crippen LogP contribution in [0, 0.1) is 12.3 Å². The third-order valence-electron chi connectivity index (χ3n) is 6.00. The van der Waals surface area contributed by atoms with E-state index in [1.807, 2.05) is 47.2 Å². The lowest BCUT2D eigenvalue weighted by atomic mass is 9.96. The summed E-state index contributed by atoms with van der Waals surface area (Å²) in [6, 6.07) is 13.2. The van der Waals surface area contributed by atoms with Gasteiger partial charge in [-0.1, -0.05) is 17.5 Å². The molecule has 1 aliphatic carbocycles. The normalized spacial score (nSPS) is 13.8. The molecular formula is C27H24ClN3O4S. The van der Waals surface area contributed by atoms with Crippen molar-refractivity contribution in [2.24, 2.45) is 0 Å². The number of ether oxygens (including phenoxy) is 2. The molecule has 9 heteroatoms. The van der Waals surface area contributed by atoms with Crippen LogP contribution in [0.3, 0.4) is 0 Å². The minimum Gasteiger partial charge on any atom is -0.488 e. The Morgan fingerprint density at radius 1 is 1.19 bits per heavy atom. The maximum atomic E-state index is 11.5. The highest BCUT2D eigenvalue weighted by atomic mass is 35.5. The fourth-order valence-corrected chi connectivity index (χ4v) is 4.89. The van der Waals surface area contributed by atoms with Crippen molar-refractivity contribution in [1.82, 2.24) is 14.5 Å². The number of rotatable bonds is 8. The lowest BCUT2D eigenvalue weighted by Gasteiger charge is -2.27. The van der Waals surface area contributed by atoms with Gasteiger partial charge in [0.2, 0.25) is 0 Å². The minimum absolute atomic E-state index is 0.180. The van der Waals surface area contributed by atoms with E-state index in [9.17, 15) is 8.42 Å². The molecule has 5 rings (SSSR count). The fraction of sp³-hybridized carbons (Fsp3) is 0.259. The second-order valence-electron chi connectivity index (χ2n) is 8.85. The van der Waals surface area contributed by atoms with Crippen LogP contribution >= 0.6 is 11.6 Å². The molecule has 1 fully saturated rings. The van der Waals surface area contributed by atoms with Gasteiger partial charge in [0, 0.05) is 29.7 Å². The first-order valence-corrected chi connectivity index (χ1v) is 13.9. The van der Waals surface area contributed by atoms with Crippen LogP contribution in [0.25, 0.3) is 16.6 Å². The Morgan fingerprint density at radius 2 is 2.03 bits per heavy atom. The molecule has 36 heavy (non-hydrogen) atoms. The Bertz CT molecular complexity index is 1590. The molecule has 0 aliphatic heterocycles. The Hall–Kier alpha value is -3.54. The van der Waals surface area contributed by atoms with Gasteiger partial charge >= 0.3 is 0 Å². The van der Waals surface area contributed by atoms with Crippen molar-refractivity contribution >= 4 is 32.3 Å². The van der Waals surface area contributed by atoms with Gasteiger partial charge in [0.15, 0.2) is 15.6 Å². The van der Waals surface area contributed by atoms with Gasteiger partial charge in [-0.15, -0.1) is 6.42 Å². The highest BCUT2D eigenvalue weighted by Gasteiger charge is 2.22. The van der Waals surface area contributed by atoms with E-state index in [1.54, 1.807) is 6.07 Å². The van der Waals surface area contributed by atoms with Crippen molar-refractivity contribution in [3.63, 3.8) is 0 Å². The van der Waals surface area contributed by atoms with Gasteiger partial charge in [0.1, 0.15) is 23.9 Å². The molecule has 0 N–H and O–H groups in total. The molecular weight excluding hydrogens is 498 g/mol. The van der Waals surface area contributed by atoms with E-state index >= 15 is 0 Å². The molecule has 0 atom stereocenters. The van der Waals surface area contributed by atoms with Crippen LogP contribution in [-0.2, 0) is 22.2 Å². The summed E-state index contributed by atoms with van der Waals surface area (Å²) in [5.41, 5.74) is 3.04. The van der Waals surface area contributed by atoms with Crippen molar-refractivity contribution in [1.29, 1.82) is 0 Å². The zero-order chi connectivity index (χ0) is 25.3. The number of benzene rings is 2. The van der Waals surface area contributed by atoms with Gasteiger partial charge in [0.25, 0.3) is 0 Å². The summed E-state index contributed by atoms with van der Waals surface area (Å²) >= 11 is 6.58. The van der Waals surface area contributed by atoms with Crippen molar-refractivity contribution in [3.8, 4) is 29.5 Å². The summed E-state index contributed by atoms with van der Waals surface area (Å²) in [5.74, 6) is 3.99. The van der Waals surface area contributed by atoms with Gasteiger partial charge in [-0.2, -0.15) is 0 Å². The molecule has 184 valence electrons. The maximum absolute atomic E-state index is 11.5. The van der Waals surface area contributed by atoms with E-state index in [2.05, 4.69) is 15.9 Å². The van der Waals surface area contributed by atoms with E-state index in [0.717, 1.165) is 42.1 Å². The molecule has 0 saturated heterocycles. The number of nitrogens with zero attached hydrogens (tertiary/aromatic N) is 3. The maximum Gasteiger partial charge on any atom is 0.154 e. The zero-order valence-corrected chi connectivity index (χ0v) is 21.2. The summed E-state index contributed by atoms with van der Waals surface area (Å²) in [4.78, 5) is 8.30. The molecule has 2 aromatic carbocycles. The van der Waals surface area contributed by atoms with E-state index < -0.39 is 9.84 Å². The Morgan fingerprint density at radius 3 is 2.75 bits per heavy atom. The number of hydrogen-bond acceptors (Lipinski definition) is 6. The Kier molecular flexibility index (Phi) is 6.61. The van der Waals surface area contributed by atoms with E-state index in [1.165, 1.54) is 6.20 Å². The predicted molar refractivity (Wildman–Crippen MR) is 139 cm³/mol. The van der Waals surface area contributed by atoms with Crippen molar-refractivity contribution in [2.75, 3.05) is 6.26 Å². The monoisotopic (exact) mass is 521 g/mol. The third kappa shape index (κ3) is 5.32. The number of fused-ring (bicyclic) bond motifs is 1. The number of hydrogen-bond donors (Lipinski definition) is 0. The second kappa shape index (κ2) is 9.84. The number of halogens is 1. The molecule has 0 radical (unpaired) electrons. The predicted octanol–water partition coefficient (Wildman–Crippen LogP) is 5.11. The van der Waals surface area contributed by atoms with Crippen LogP contribution in [0.4, 0.5) is 0 Å². The van der Waals surface area contributed by atoms with Crippen molar-refractivity contribution < 1.29 is 17.9 Å². The number of sulfone groups is 1. The van der Waals surface area contributed by atoms with Gasteiger partial charge < -0.3 is 14.0 Å². The summed E-state index contributed by atoms with van der Waals surface area (Å²) in [7, 11) is -3.21. The average molecular weight is 522 g/mol. The van der Waals surface area contributed by atoms with E-state index in [-0.39, 0.29) is 24.3 Å². The quantitative estimate of drug-likeness (QED) is 0.300. The summed E-state index contributed by atoms with van der Waals surface area (Å²) < 4.78 is 37.0. The first-order chi connectivity index (χ1) is 17.3. The molecule has 4 aromatic rings. The molecule has 0 amide bonds. The largest absolute Gasteiger partial charge is 0.488 e. The summed E-state index contributed by atoms with van der Waals surface area (Å²) in [5, 5.41) is 1.47. The topological polar surface area (TPSA) is 83.3 Å². The van der Waals surface area contributed by atoms with Crippen LogP contribution in [0.1, 0.15) is 36.3 Å². The van der Waals surface area contributed by atoms with Gasteiger partial charge in [0.05, 0.1) is 27.9 Å². The van der Waals surface area contributed by atoms with Crippen LogP contribution in [0.2, 0.25) is 5.02 Å². The van der Waals surface area contributed by atoms with Gasteiger partial charge in [-0.25, -0.2) is 18.4 Å². The molecule has 0 spiro atoms. The van der Waals surface area contributed by atoms with E-state index in [0.29, 0.717) is 27.8 Å².